The summed E-state index contributed by atoms with van der Waals surface area (Å²) in [5, 5.41) is 7.39. The molecule has 1 amide bonds. The van der Waals surface area contributed by atoms with E-state index in [-0.39, 0.29) is 5.91 Å². The van der Waals surface area contributed by atoms with E-state index in [0.717, 1.165) is 24.5 Å². The van der Waals surface area contributed by atoms with Crippen LogP contribution in [0.5, 0.6) is 0 Å². The zero-order valence-electron chi connectivity index (χ0n) is 13.2. The molecule has 116 valence electrons. The summed E-state index contributed by atoms with van der Waals surface area (Å²) in [5.41, 5.74) is 4.92. The molecule has 0 bridgehead atoms. The number of fused-ring (bicyclic) bond motifs is 1. The molecule has 1 aliphatic rings. The fraction of sp³-hybridized carbons (Fsp3) is 0.353. The largest absolute Gasteiger partial charge is 0.378 e. The van der Waals surface area contributed by atoms with Crippen molar-refractivity contribution in [3.63, 3.8) is 0 Å². The number of carbonyl (C=O) groups is 1. The Bertz CT molecular complexity index is 706. The maximum absolute atomic E-state index is 11.6. The standard InChI is InChI=1S/C17H21N3OS/c1-11(21)19-17-16(14-7-8-18-10-15(14)22-17)12-5-4-6-13(9-12)20(2)3/h4-6,9,18H,7-8,10H2,1-3H3,(H,19,21). The Balaban J connectivity index is 2.13. The molecule has 0 aliphatic carbocycles. The molecule has 22 heavy (non-hydrogen) atoms. The Hall–Kier alpha value is -1.85. The third-order valence-electron chi connectivity index (χ3n) is 3.87. The van der Waals surface area contributed by atoms with E-state index in [0.29, 0.717) is 0 Å². The summed E-state index contributed by atoms with van der Waals surface area (Å²) in [6, 6.07) is 8.49. The zero-order chi connectivity index (χ0) is 15.7. The van der Waals surface area contributed by atoms with Gasteiger partial charge in [0.05, 0.1) is 0 Å². The van der Waals surface area contributed by atoms with Gasteiger partial charge in [0.1, 0.15) is 5.00 Å². The number of benzene rings is 1. The van der Waals surface area contributed by atoms with Gasteiger partial charge in [0, 0.05) is 43.7 Å². The molecule has 5 heteroatoms. The summed E-state index contributed by atoms with van der Waals surface area (Å²) < 4.78 is 0. The molecule has 0 saturated heterocycles. The van der Waals surface area contributed by atoms with Gasteiger partial charge >= 0.3 is 0 Å². The molecule has 1 aliphatic heterocycles. The number of hydrogen-bond donors (Lipinski definition) is 2. The number of anilines is 2. The predicted octanol–water partition coefficient (Wildman–Crippen LogP) is 3.09. The minimum Gasteiger partial charge on any atom is -0.378 e. The van der Waals surface area contributed by atoms with Gasteiger partial charge in [-0.1, -0.05) is 12.1 Å². The first-order valence-corrected chi connectivity index (χ1v) is 8.28. The van der Waals surface area contributed by atoms with Crippen molar-refractivity contribution in [2.24, 2.45) is 0 Å². The van der Waals surface area contributed by atoms with Crippen molar-refractivity contribution < 1.29 is 4.79 Å². The lowest BCUT2D eigenvalue weighted by Gasteiger charge is -2.17. The van der Waals surface area contributed by atoms with Crippen LogP contribution in [0, 0.1) is 0 Å². The molecule has 0 saturated carbocycles. The lowest BCUT2D eigenvalue weighted by Crippen LogP contribution is -2.22. The van der Waals surface area contributed by atoms with Gasteiger partial charge in [-0.2, -0.15) is 0 Å². The molecule has 4 nitrogen and oxygen atoms in total. The SMILES string of the molecule is CC(=O)Nc1sc2c(c1-c1cccc(N(C)C)c1)CCNC2. The molecule has 2 N–H and O–H groups in total. The van der Waals surface area contributed by atoms with E-state index in [4.69, 9.17) is 0 Å². The lowest BCUT2D eigenvalue weighted by atomic mass is 9.97. The van der Waals surface area contributed by atoms with E-state index in [1.807, 2.05) is 14.1 Å². The monoisotopic (exact) mass is 315 g/mol. The number of nitrogens with one attached hydrogen (secondary N) is 2. The first kappa shape index (κ1) is 15.1. The lowest BCUT2D eigenvalue weighted by molar-refractivity contribution is -0.114. The Labute approximate surface area is 135 Å². The summed E-state index contributed by atoms with van der Waals surface area (Å²) in [6.45, 7) is 3.44. The fourth-order valence-electron chi connectivity index (χ4n) is 2.83. The van der Waals surface area contributed by atoms with Crippen LogP contribution in [-0.2, 0) is 17.8 Å². The normalized spacial score (nSPS) is 13.6. The van der Waals surface area contributed by atoms with Crippen LogP contribution < -0.4 is 15.5 Å². The van der Waals surface area contributed by atoms with Crippen LogP contribution >= 0.6 is 11.3 Å². The molecule has 0 fully saturated rings. The smallest absolute Gasteiger partial charge is 0.221 e. The molecule has 1 aromatic carbocycles. The number of hydrogen-bond acceptors (Lipinski definition) is 4. The molecular weight excluding hydrogens is 294 g/mol. The predicted molar refractivity (Wildman–Crippen MR) is 93.8 cm³/mol. The van der Waals surface area contributed by atoms with Crippen LogP contribution in [0.15, 0.2) is 24.3 Å². The highest BCUT2D eigenvalue weighted by Gasteiger charge is 2.22. The number of nitrogens with zero attached hydrogens (tertiary/aromatic N) is 1. The molecule has 0 unspecified atom stereocenters. The molecule has 0 radical (unpaired) electrons. The van der Waals surface area contributed by atoms with Crippen LogP contribution in [0.2, 0.25) is 0 Å². The quantitative estimate of drug-likeness (QED) is 0.915. The average molecular weight is 315 g/mol. The summed E-state index contributed by atoms with van der Waals surface area (Å²) in [6.07, 6.45) is 1.01. The highest BCUT2D eigenvalue weighted by Crippen LogP contribution is 2.43. The van der Waals surface area contributed by atoms with Crippen molar-refractivity contribution in [1.29, 1.82) is 0 Å². The van der Waals surface area contributed by atoms with E-state index in [1.165, 1.54) is 27.3 Å². The number of rotatable bonds is 3. The Morgan fingerprint density at radius 1 is 1.36 bits per heavy atom. The molecule has 1 aromatic heterocycles. The average Bonchev–Trinajstić information content (AvgIpc) is 2.84. The van der Waals surface area contributed by atoms with Crippen molar-refractivity contribution in [3.05, 3.63) is 34.7 Å². The zero-order valence-corrected chi connectivity index (χ0v) is 14.0. The summed E-state index contributed by atoms with van der Waals surface area (Å²) in [4.78, 5) is 15.0. The van der Waals surface area contributed by atoms with Crippen LogP contribution in [0.3, 0.4) is 0 Å². The van der Waals surface area contributed by atoms with Crippen LogP contribution in [0.1, 0.15) is 17.4 Å². The Morgan fingerprint density at radius 2 is 2.18 bits per heavy atom. The van der Waals surface area contributed by atoms with Crippen molar-refractivity contribution in [3.8, 4) is 11.1 Å². The molecule has 2 aromatic rings. The van der Waals surface area contributed by atoms with Crippen LogP contribution in [-0.4, -0.2) is 26.5 Å². The molecule has 2 heterocycles. The molecular formula is C17H21N3OS. The first-order chi connectivity index (χ1) is 10.6. The molecule has 0 spiro atoms. The van der Waals surface area contributed by atoms with Crippen molar-refractivity contribution in [1.82, 2.24) is 5.32 Å². The van der Waals surface area contributed by atoms with Crippen molar-refractivity contribution >= 4 is 27.9 Å². The Kier molecular flexibility index (Phi) is 4.18. The minimum absolute atomic E-state index is 0.0171. The van der Waals surface area contributed by atoms with Gasteiger partial charge < -0.3 is 15.5 Å². The maximum Gasteiger partial charge on any atom is 0.221 e. The number of carbonyl (C=O) groups excluding carboxylic acids is 1. The van der Waals surface area contributed by atoms with E-state index >= 15 is 0 Å². The van der Waals surface area contributed by atoms with Crippen LogP contribution in [0.25, 0.3) is 11.1 Å². The number of thiophene rings is 1. The summed E-state index contributed by atoms with van der Waals surface area (Å²) in [5.74, 6) is -0.0171. The number of amides is 1. The molecule has 3 rings (SSSR count). The van der Waals surface area contributed by atoms with Crippen molar-refractivity contribution in [2.75, 3.05) is 30.9 Å². The van der Waals surface area contributed by atoms with Gasteiger partial charge in [-0.3, -0.25) is 4.79 Å². The second-order valence-corrected chi connectivity index (χ2v) is 6.87. The van der Waals surface area contributed by atoms with Gasteiger partial charge in [0.25, 0.3) is 0 Å². The topological polar surface area (TPSA) is 44.4 Å². The van der Waals surface area contributed by atoms with E-state index in [9.17, 15) is 4.79 Å². The third-order valence-corrected chi connectivity index (χ3v) is 5.02. The van der Waals surface area contributed by atoms with Gasteiger partial charge in [-0.25, -0.2) is 0 Å². The Morgan fingerprint density at radius 3 is 2.91 bits per heavy atom. The first-order valence-electron chi connectivity index (χ1n) is 7.47. The van der Waals surface area contributed by atoms with Gasteiger partial charge in [0.2, 0.25) is 5.91 Å². The van der Waals surface area contributed by atoms with Gasteiger partial charge in [0.15, 0.2) is 0 Å². The second kappa shape index (κ2) is 6.10. The minimum atomic E-state index is -0.0171. The fourth-order valence-corrected chi connectivity index (χ4v) is 4.11. The van der Waals surface area contributed by atoms with E-state index < -0.39 is 0 Å². The van der Waals surface area contributed by atoms with E-state index in [1.54, 1.807) is 18.3 Å². The maximum atomic E-state index is 11.6. The summed E-state index contributed by atoms with van der Waals surface area (Å²) >= 11 is 1.69. The van der Waals surface area contributed by atoms with Crippen LogP contribution in [0.4, 0.5) is 10.7 Å². The van der Waals surface area contributed by atoms with Gasteiger partial charge in [-0.15, -0.1) is 11.3 Å². The van der Waals surface area contributed by atoms with Gasteiger partial charge in [-0.05, 0) is 36.2 Å². The van der Waals surface area contributed by atoms with E-state index in [2.05, 4.69) is 39.8 Å². The molecule has 0 atom stereocenters. The highest BCUT2D eigenvalue weighted by molar-refractivity contribution is 7.17. The third kappa shape index (κ3) is 2.87. The summed E-state index contributed by atoms with van der Waals surface area (Å²) in [7, 11) is 4.09. The highest BCUT2D eigenvalue weighted by atomic mass is 32.1. The second-order valence-electron chi connectivity index (χ2n) is 5.76. The van der Waals surface area contributed by atoms with Crippen molar-refractivity contribution in [2.45, 2.75) is 19.9 Å².